The molecule has 4 rings (SSSR count). The van der Waals surface area contributed by atoms with E-state index >= 15 is 0 Å². The Morgan fingerprint density at radius 3 is 2.63 bits per heavy atom. The van der Waals surface area contributed by atoms with Gasteiger partial charge in [-0.15, -0.1) is 0 Å². The van der Waals surface area contributed by atoms with Crippen LogP contribution in [0.1, 0.15) is 29.3 Å². The summed E-state index contributed by atoms with van der Waals surface area (Å²) >= 11 is 0. The monoisotopic (exact) mass is 492 g/mol. The van der Waals surface area contributed by atoms with Crippen LogP contribution >= 0.6 is 0 Å². The van der Waals surface area contributed by atoms with Crippen molar-refractivity contribution in [3.63, 3.8) is 0 Å². The van der Waals surface area contributed by atoms with Crippen LogP contribution in [-0.4, -0.2) is 53.6 Å². The summed E-state index contributed by atoms with van der Waals surface area (Å²) in [5.41, 5.74) is 6.81. The van der Waals surface area contributed by atoms with Crippen LogP contribution in [0.4, 0.5) is 30.5 Å². The lowest BCUT2D eigenvalue weighted by Crippen LogP contribution is -2.19. The fourth-order valence-corrected chi connectivity index (χ4v) is 3.66. The van der Waals surface area contributed by atoms with Gasteiger partial charge in [-0.1, -0.05) is 6.92 Å². The quantitative estimate of drug-likeness (QED) is 0.462. The van der Waals surface area contributed by atoms with Crippen LogP contribution in [0.3, 0.4) is 0 Å². The Morgan fingerprint density at radius 2 is 2.06 bits per heavy atom. The molecule has 1 amide bonds. The molecule has 2 aromatic heterocycles. The maximum Gasteiger partial charge on any atom is 0.387 e. The number of fused-ring (bicyclic) bond motifs is 1. The van der Waals surface area contributed by atoms with Crippen molar-refractivity contribution in [2.24, 2.45) is 18.7 Å². The maximum absolute atomic E-state index is 13.3. The Bertz CT molecular complexity index is 1230. The topological polar surface area (TPSA) is 115 Å². The number of hydrogen-bond donors (Lipinski definition) is 2. The average molecular weight is 493 g/mol. The highest BCUT2D eigenvalue weighted by atomic mass is 19.3. The van der Waals surface area contributed by atoms with Gasteiger partial charge in [0.1, 0.15) is 23.3 Å². The summed E-state index contributed by atoms with van der Waals surface area (Å²) in [6, 6.07) is 4.59. The lowest BCUT2D eigenvalue weighted by atomic mass is 10.0. The number of nitrogens with two attached hydrogens (primary N) is 1. The normalized spacial score (nSPS) is 16.5. The first-order valence-corrected chi connectivity index (χ1v) is 10.9. The van der Waals surface area contributed by atoms with Gasteiger partial charge >= 0.3 is 6.61 Å². The van der Waals surface area contributed by atoms with Crippen LogP contribution in [0.5, 0.6) is 5.75 Å². The van der Waals surface area contributed by atoms with Crippen LogP contribution in [0, 0.1) is 5.92 Å². The number of benzene rings is 1. The number of halogens is 3. The number of anilines is 3. The molecule has 0 radical (unpaired) electrons. The predicted molar refractivity (Wildman–Crippen MR) is 126 cm³/mol. The lowest BCUT2D eigenvalue weighted by molar-refractivity contribution is -0.117. The van der Waals surface area contributed by atoms with E-state index in [1.54, 1.807) is 36.0 Å². The molecule has 12 heteroatoms. The lowest BCUT2D eigenvalue weighted by Gasteiger charge is -2.24. The molecule has 1 aliphatic rings. The Morgan fingerprint density at radius 1 is 1.37 bits per heavy atom. The minimum atomic E-state index is -3.10. The molecule has 0 spiro atoms. The van der Waals surface area contributed by atoms with Gasteiger partial charge in [-0.25, -0.2) is 14.4 Å². The molecule has 1 aliphatic carbocycles. The number of nitrogens with one attached hydrogen (secondary N) is 1. The fourth-order valence-electron chi connectivity index (χ4n) is 3.66. The number of ether oxygens (including phenoxy) is 1. The zero-order valence-corrected chi connectivity index (χ0v) is 19.8. The molecule has 0 aliphatic heterocycles. The van der Waals surface area contributed by atoms with Crippen molar-refractivity contribution >= 4 is 40.5 Å². The van der Waals surface area contributed by atoms with Gasteiger partial charge in [0.15, 0.2) is 12.1 Å². The Balaban J connectivity index is 0.00000167. The second-order valence-corrected chi connectivity index (χ2v) is 7.83. The van der Waals surface area contributed by atoms with Crippen molar-refractivity contribution in [1.29, 1.82) is 0 Å². The standard InChI is InChI=1S/C22H22F3N5O3.CH5N/c1-4-11-5-12(9-31)17(33-22(24)25)7-15(11)30(3)18-8-16-19(26-10-29(16)2)20(27-18)28-21(32)13-6-14(13)23;1-2/h5,7-10,13-14,22H,4,6H2,1-3H3,(H,27,28,32);2H2,1H3. The van der Waals surface area contributed by atoms with E-state index in [-0.39, 0.29) is 23.6 Å². The zero-order chi connectivity index (χ0) is 25.9. The highest BCUT2D eigenvalue weighted by molar-refractivity contribution is 6.01. The van der Waals surface area contributed by atoms with Crippen LogP contribution < -0.4 is 20.7 Å². The fraction of sp³-hybridized carbons (Fsp3) is 0.391. The highest BCUT2D eigenvalue weighted by Crippen LogP contribution is 2.37. The number of imidazole rings is 1. The molecule has 3 N–H and O–H groups in total. The number of alkyl halides is 3. The van der Waals surface area contributed by atoms with Gasteiger partial charge in [-0.3, -0.25) is 9.59 Å². The SMILES string of the molecule is CCc1cc(C=O)c(OC(F)F)cc1N(C)c1cc2c(ncn2C)c(NC(=O)C2CC2F)n1.CN. The maximum atomic E-state index is 13.3. The molecule has 35 heavy (non-hydrogen) atoms. The summed E-state index contributed by atoms with van der Waals surface area (Å²) in [7, 11) is 4.95. The summed E-state index contributed by atoms with van der Waals surface area (Å²) in [5.74, 6) is -0.879. The summed E-state index contributed by atoms with van der Waals surface area (Å²) < 4.78 is 45.4. The van der Waals surface area contributed by atoms with Gasteiger partial charge < -0.3 is 25.3 Å². The molecule has 0 bridgehead atoms. The van der Waals surface area contributed by atoms with Crippen molar-refractivity contribution in [3.05, 3.63) is 35.7 Å². The number of pyridine rings is 1. The van der Waals surface area contributed by atoms with Crippen LogP contribution in [0.15, 0.2) is 24.5 Å². The number of nitrogens with zero attached hydrogens (tertiary/aromatic N) is 4. The molecule has 2 unspecified atom stereocenters. The number of carbonyl (C=O) groups is 2. The average Bonchev–Trinajstić information content (AvgIpc) is 3.47. The number of aromatic nitrogens is 3. The highest BCUT2D eigenvalue weighted by Gasteiger charge is 2.44. The summed E-state index contributed by atoms with van der Waals surface area (Å²) in [4.78, 5) is 34.2. The Labute approximate surface area is 200 Å². The van der Waals surface area contributed by atoms with E-state index < -0.39 is 24.6 Å². The van der Waals surface area contributed by atoms with Gasteiger partial charge in [-0.2, -0.15) is 8.78 Å². The molecule has 188 valence electrons. The van der Waals surface area contributed by atoms with Crippen molar-refractivity contribution in [2.45, 2.75) is 32.5 Å². The first-order chi connectivity index (χ1) is 16.7. The first-order valence-electron chi connectivity index (χ1n) is 10.9. The van der Waals surface area contributed by atoms with Crippen LogP contribution in [-0.2, 0) is 18.3 Å². The van der Waals surface area contributed by atoms with Crippen molar-refractivity contribution in [3.8, 4) is 5.75 Å². The smallest absolute Gasteiger partial charge is 0.387 e. The molecule has 2 atom stereocenters. The number of rotatable bonds is 8. The third-order valence-corrected chi connectivity index (χ3v) is 5.63. The van der Waals surface area contributed by atoms with Crippen molar-refractivity contribution in [1.82, 2.24) is 14.5 Å². The summed E-state index contributed by atoms with van der Waals surface area (Å²) in [6.07, 6.45) is 1.54. The van der Waals surface area contributed by atoms with Crippen molar-refractivity contribution < 1.29 is 27.5 Å². The number of hydrogen-bond acceptors (Lipinski definition) is 7. The van der Waals surface area contributed by atoms with Crippen molar-refractivity contribution in [2.75, 3.05) is 24.3 Å². The first kappa shape index (κ1) is 25.9. The molecule has 1 fully saturated rings. The number of amides is 1. The number of carbonyl (C=O) groups excluding carboxylic acids is 2. The van der Waals surface area contributed by atoms with Gasteiger partial charge in [0.2, 0.25) is 5.91 Å². The number of aryl methyl sites for hydroxylation is 2. The largest absolute Gasteiger partial charge is 0.434 e. The van der Waals surface area contributed by atoms with Gasteiger partial charge in [0, 0.05) is 31.9 Å². The third kappa shape index (κ3) is 5.37. The van der Waals surface area contributed by atoms with Gasteiger partial charge in [0.25, 0.3) is 0 Å². The van der Waals surface area contributed by atoms with E-state index in [4.69, 9.17) is 0 Å². The van der Waals surface area contributed by atoms with E-state index in [1.165, 1.54) is 19.2 Å². The Kier molecular flexibility index (Phi) is 7.95. The molecular weight excluding hydrogens is 465 g/mol. The molecule has 3 aromatic rings. The van der Waals surface area contributed by atoms with E-state index in [9.17, 15) is 22.8 Å². The second kappa shape index (κ2) is 10.7. The van der Waals surface area contributed by atoms with Crippen LogP contribution in [0.25, 0.3) is 11.0 Å². The zero-order valence-electron chi connectivity index (χ0n) is 19.8. The van der Waals surface area contributed by atoms with Gasteiger partial charge in [-0.05, 0) is 31.5 Å². The number of aldehydes is 1. The Hall–Kier alpha value is -3.67. The van der Waals surface area contributed by atoms with E-state index in [0.717, 1.165) is 0 Å². The van der Waals surface area contributed by atoms with Gasteiger partial charge in [0.05, 0.1) is 23.3 Å². The molecular formula is C23H27F3N6O3. The molecule has 0 saturated heterocycles. The minimum absolute atomic E-state index is 0.0116. The predicted octanol–water partition coefficient (Wildman–Crippen LogP) is 3.58. The molecule has 9 nitrogen and oxygen atoms in total. The molecule has 1 saturated carbocycles. The summed E-state index contributed by atoms with van der Waals surface area (Å²) in [5, 5.41) is 2.66. The molecule has 1 aromatic carbocycles. The van der Waals surface area contributed by atoms with E-state index in [2.05, 4.69) is 25.8 Å². The third-order valence-electron chi connectivity index (χ3n) is 5.63. The minimum Gasteiger partial charge on any atom is -0.434 e. The summed E-state index contributed by atoms with van der Waals surface area (Å²) in [6.45, 7) is -1.23. The van der Waals surface area contributed by atoms with E-state index in [0.29, 0.717) is 40.8 Å². The second-order valence-electron chi connectivity index (χ2n) is 7.83. The molecule has 2 heterocycles. The van der Waals surface area contributed by atoms with E-state index in [1.807, 2.05) is 6.92 Å². The van der Waals surface area contributed by atoms with Crippen LogP contribution in [0.2, 0.25) is 0 Å².